The average molecular weight is 1720 g/mol. The minimum absolute atomic E-state index is 1.17. The van der Waals surface area contributed by atoms with Crippen LogP contribution in [0.5, 0.6) is 0 Å². The van der Waals surface area contributed by atoms with Crippen LogP contribution in [0, 0.1) is 20.8 Å². The molecule has 27 aromatic rings. The number of rotatable bonds is 12. The molecule has 0 amide bonds. The fraction of sp³-hybridized carbons (Fsp3) is 0.0233. The highest BCUT2D eigenvalue weighted by Gasteiger charge is 2.23. The van der Waals surface area contributed by atoms with Crippen LogP contribution < -0.4 is 0 Å². The van der Waals surface area contributed by atoms with Gasteiger partial charge in [-0.25, -0.2) is 0 Å². The third-order valence-electron chi connectivity index (χ3n) is 27.5. The number of benzene rings is 21. The standard InChI is InChI=1S/3C43H30N2/c1-29-19-22-37-39-28-33(20-23-41(39)44(43(37)25-29)34-14-6-3-7-15-34)32-21-24-42-38(27-32)36-17-8-9-18-40(36)45(42)35-16-10-13-31(26-35)30-11-4-2-5-12-30;1-29-19-22-41-37(25-29)39-28-33(21-24-43(39)44(41)34-14-6-3-7-15-34)32-20-23-42-38(27-32)36-17-8-9-18-40(36)45(42)35-16-10-13-31(26-35)30-11-4-2-5-12-30;1-29-11-9-15-34(25-29)44-40-19-7-5-17-36(40)38-27-32(21-23-42(38)44)33-22-24-43-39(28-33)37-18-6-8-20-41(37)45(43)35-16-10-14-31(26-35)30-12-3-2-4-13-30/h3*2-28H,1H3. The highest BCUT2D eigenvalue weighted by atomic mass is 15.0. The molecule has 0 bridgehead atoms. The molecule has 0 saturated carbocycles. The van der Waals surface area contributed by atoms with Gasteiger partial charge in [0.05, 0.1) is 66.2 Å². The summed E-state index contributed by atoms with van der Waals surface area (Å²) >= 11 is 0. The molecule has 0 fully saturated rings. The first-order valence-corrected chi connectivity index (χ1v) is 46.6. The van der Waals surface area contributed by atoms with Gasteiger partial charge in [0.2, 0.25) is 0 Å². The first-order valence-electron chi connectivity index (χ1n) is 46.6. The van der Waals surface area contributed by atoms with E-state index in [0.717, 1.165) is 0 Å². The molecule has 0 atom stereocenters. The van der Waals surface area contributed by atoms with Crippen LogP contribution in [0.1, 0.15) is 16.7 Å². The zero-order chi connectivity index (χ0) is 89.7. The molecule has 0 aliphatic carbocycles. The lowest BCUT2D eigenvalue weighted by molar-refractivity contribution is 1.17. The molecule has 0 aliphatic rings. The maximum absolute atomic E-state index is 2.40. The maximum atomic E-state index is 2.40. The second-order valence-electron chi connectivity index (χ2n) is 35.8. The van der Waals surface area contributed by atoms with Crippen molar-refractivity contribution in [1.82, 2.24) is 27.4 Å². The van der Waals surface area contributed by atoms with Gasteiger partial charge in [-0.15, -0.1) is 0 Å². The molecule has 27 rings (SSSR count). The maximum Gasteiger partial charge on any atom is 0.0543 e. The monoisotopic (exact) mass is 1720 g/mol. The summed E-state index contributed by atoms with van der Waals surface area (Å²) in [6.45, 7) is 6.50. The van der Waals surface area contributed by atoms with E-state index in [-0.39, 0.29) is 0 Å². The lowest BCUT2D eigenvalue weighted by Crippen LogP contribution is -1.94. The van der Waals surface area contributed by atoms with Crippen molar-refractivity contribution in [1.29, 1.82) is 0 Å². The van der Waals surface area contributed by atoms with Gasteiger partial charge >= 0.3 is 0 Å². The van der Waals surface area contributed by atoms with Crippen molar-refractivity contribution in [2.24, 2.45) is 0 Å². The lowest BCUT2D eigenvalue weighted by Gasteiger charge is -2.11. The van der Waals surface area contributed by atoms with Gasteiger partial charge in [0.25, 0.3) is 0 Å². The van der Waals surface area contributed by atoms with Crippen LogP contribution in [0.15, 0.2) is 491 Å². The molecule has 21 aromatic carbocycles. The Bertz CT molecular complexity index is 9320. The van der Waals surface area contributed by atoms with Crippen molar-refractivity contribution in [3.8, 4) is 101 Å². The highest BCUT2D eigenvalue weighted by Crippen LogP contribution is 2.45. The van der Waals surface area contributed by atoms with Crippen LogP contribution in [-0.4, -0.2) is 27.4 Å². The Hall–Kier alpha value is -17.6. The summed E-state index contributed by atoms with van der Waals surface area (Å²) in [5.41, 5.74) is 40.1. The van der Waals surface area contributed by atoms with Gasteiger partial charge in [-0.1, -0.05) is 309 Å². The number of aryl methyl sites for hydroxylation is 3. The van der Waals surface area contributed by atoms with Gasteiger partial charge in [0.1, 0.15) is 0 Å². The lowest BCUT2D eigenvalue weighted by atomic mass is 10.0. The third-order valence-corrected chi connectivity index (χ3v) is 27.5. The summed E-state index contributed by atoms with van der Waals surface area (Å²) in [5, 5.41) is 15.2. The van der Waals surface area contributed by atoms with E-state index in [2.05, 4.69) is 540 Å². The molecule has 0 spiro atoms. The fourth-order valence-corrected chi connectivity index (χ4v) is 21.2. The largest absolute Gasteiger partial charge is 0.309 e. The second-order valence-corrected chi connectivity index (χ2v) is 35.8. The predicted molar refractivity (Wildman–Crippen MR) is 572 cm³/mol. The van der Waals surface area contributed by atoms with Gasteiger partial charge in [-0.05, 0) is 287 Å². The third kappa shape index (κ3) is 14.0. The Kier molecular flexibility index (Phi) is 19.5. The van der Waals surface area contributed by atoms with Gasteiger partial charge in [-0.3, -0.25) is 0 Å². The van der Waals surface area contributed by atoms with Gasteiger partial charge in [-0.2, -0.15) is 0 Å². The Morgan fingerprint density at radius 2 is 0.304 bits per heavy atom. The molecule has 0 radical (unpaired) electrons. The molecule has 6 nitrogen and oxygen atoms in total. The first kappa shape index (κ1) is 79.6. The van der Waals surface area contributed by atoms with Crippen molar-refractivity contribution in [3.05, 3.63) is 508 Å². The minimum Gasteiger partial charge on any atom is -0.309 e. The average Bonchev–Trinajstić information content (AvgIpc) is 1.59. The fourth-order valence-electron chi connectivity index (χ4n) is 21.2. The summed E-state index contributed by atoms with van der Waals surface area (Å²) < 4.78 is 14.4. The molecule has 135 heavy (non-hydrogen) atoms. The van der Waals surface area contributed by atoms with Crippen molar-refractivity contribution >= 4 is 131 Å². The molecule has 0 N–H and O–H groups in total. The summed E-state index contributed by atoms with van der Waals surface area (Å²) in [6.07, 6.45) is 0. The number of para-hydroxylation sites is 6. The van der Waals surface area contributed by atoms with E-state index in [1.807, 2.05) is 0 Å². The van der Waals surface area contributed by atoms with Crippen LogP contribution in [0.3, 0.4) is 0 Å². The van der Waals surface area contributed by atoms with Crippen LogP contribution in [0.4, 0.5) is 0 Å². The van der Waals surface area contributed by atoms with Crippen LogP contribution >= 0.6 is 0 Å². The summed E-state index contributed by atoms with van der Waals surface area (Å²) in [7, 11) is 0. The topological polar surface area (TPSA) is 29.6 Å². The highest BCUT2D eigenvalue weighted by molar-refractivity contribution is 6.17. The first-order chi connectivity index (χ1) is 66.7. The second kappa shape index (κ2) is 33.1. The van der Waals surface area contributed by atoms with Crippen LogP contribution in [-0.2, 0) is 0 Å². The zero-order valence-corrected chi connectivity index (χ0v) is 74.9. The number of nitrogens with zero attached hydrogens (tertiary/aromatic N) is 6. The summed E-state index contributed by atoms with van der Waals surface area (Å²) in [5.74, 6) is 0. The summed E-state index contributed by atoms with van der Waals surface area (Å²) in [4.78, 5) is 0. The number of hydrogen-bond acceptors (Lipinski definition) is 0. The normalized spacial score (nSPS) is 11.7. The Balaban J connectivity index is 0.000000108. The molecule has 0 unspecified atom stereocenters. The van der Waals surface area contributed by atoms with E-state index < -0.39 is 0 Å². The molecule has 636 valence electrons. The van der Waals surface area contributed by atoms with Gasteiger partial charge in [0, 0.05) is 98.8 Å². The molecule has 0 saturated heterocycles. The SMILES string of the molecule is Cc1ccc2c(c1)c1cc(-c3ccc4c(c3)c3ccccc3n4-c3cccc(-c4ccccc4)c3)ccc1n2-c1ccccc1.Cc1ccc2c3cc(-c4ccc5c(c4)c4ccccc4n5-c4cccc(-c5ccccc5)c4)ccc3n(-c3ccccc3)c2c1.Cc1cccc(-n2c3ccccc3c3cc(-c4ccc5c(c4)c4ccccc4n5-c4cccc(-c5ccccc5)c4)ccc32)c1. The minimum atomic E-state index is 1.17. The van der Waals surface area contributed by atoms with Crippen molar-refractivity contribution in [3.63, 3.8) is 0 Å². The summed E-state index contributed by atoms with van der Waals surface area (Å²) in [6, 6.07) is 179. The Morgan fingerprint density at radius 3 is 0.630 bits per heavy atom. The smallest absolute Gasteiger partial charge is 0.0543 e. The number of aromatic nitrogens is 6. The van der Waals surface area contributed by atoms with E-state index in [4.69, 9.17) is 0 Å². The Morgan fingerprint density at radius 1 is 0.104 bits per heavy atom. The molecular formula is C129H90N6. The van der Waals surface area contributed by atoms with Crippen molar-refractivity contribution in [2.75, 3.05) is 0 Å². The van der Waals surface area contributed by atoms with Crippen LogP contribution in [0.25, 0.3) is 232 Å². The molecule has 6 heteroatoms. The van der Waals surface area contributed by atoms with E-state index in [1.54, 1.807) is 0 Å². The van der Waals surface area contributed by atoms with E-state index >= 15 is 0 Å². The molecule has 6 heterocycles. The van der Waals surface area contributed by atoms with Crippen LogP contribution in [0.2, 0.25) is 0 Å². The van der Waals surface area contributed by atoms with Gasteiger partial charge < -0.3 is 27.4 Å². The van der Waals surface area contributed by atoms with Crippen molar-refractivity contribution in [2.45, 2.75) is 20.8 Å². The van der Waals surface area contributed by atoms with E-state index in [0.29, 0.717) is 0 Å². The van der Waals surface area contributed by atoms with E-state index in [1.165, 1.54) is 248 Å². The molecular weight excluding hydrogens is 1630 g/mol. The molecule has 6 aromatic heterocycles. The number of hydrogen-bond donors (Lipinski definition) is 0. The van der Waals surface area contributed by atoms with Crippen molar-refractivity contribution < 1.29 is 0 Å². The quantitative estimate of drug-likeness (QED) is 0.117. The van der Waals surface area contributed by atoms with Gasteiger partial charge in [0.15, 0.2) is 0 Å². The Labute approximate surface area is 782 Å². The number of fused-ring (bicyclic) bond motifs is 18. The zero-order valence-electron chi connectivity index (χ0n) is 74.9. The predicted octanol–water partition coefficient (Wildman–Crippen LogP) is 34.6. The molecule has 0 aliphatic heterocycles. The van der Waals surface area contributed by atoms with E-state index in [9.17, 15) is 0 Å².